The maximum atomic E-state index is 11.8. The van der Waals surface area contributed by atoms with Crippen molar-refractivity contribution in [3.05, 3.63) is 17.0 Å². The topological polar surface area (TPSA) is 88.4 Å². The molecule has 0 unspecified atom stereocenters. The lowest BCUT2D eigenvalue weighted by molar-refractivity contribution is 0.308. The maximum absolute atomic E-state index is 11.8. The number of hydrogen-bond acceptors (Lipinski definition) is 5. The molecule has 2 aliphatic rings. The number of aryl methyl sites for hydroxylation is 1. The zero-order valence-electron chi connectivity index (χ0n) is 16.2. The first-order valence-corrected chi connectivity index (χ1v) is 11.9. The van der Waals surface area contributed by atoms with Crippen molar-refractivity contribution in [2.24, 2.45) is 11.0 Å². The van der Waals surface area contributed by atoms with Gasteiger partial charge < -0.3 is 5.32 Å². The second kappa shape index (κ2) is 8.26. The van der Waals surface area contributed by atoms with Gasteiger partial charge >= 0.3 is 0 Å². The molecule has 7 nitrogen and oxygen atoms in total. The van der Waals surface area contributed by atoms with Gasteiger partial charge in [-0.3, -0.25) is 10.1 Å². The zero-order valence-corrected chi connectivity index (χ0v) is 17.9. The van der Waals surface area contributed by atoms with Crippen molar-refractivity contribution in [3.8, 4) is 0 Å². The van der Waals surface area contributed by atoms with Crippen molar-refractivity contribution in [3.63, 3.8) is 0 Å². The van der Waals surface area contributed by atoms with Crippen molar-refractivity contribution in [1.29, 1.82) is 0 Å². The molecule has 1 saturated carbocycles. The molecule has 1 aliphatic carbocycles. The van der Waals surface area contributed by atoms with Crippen molar-refractivity contribution < 1.29 is 8.42 Å². The van der Waals surface area contributed by atoms with Crippen molar-refractivity contribution in [2.45, 2.75) is 65.0 Å². The molecule has 0 radical (unpaired) electrons. The molecule has 0 aromatic carbocycles. The van der Waals surface area contributed by atoms with Gasteiger partial charge in [-0.25, -0.2) is 8.42 Å². The minimum atomic E-state index is -2.94. The number of nitrogens with one attached hydrogen (secondary N) is 2. The molecule has 1 saturated heterocycles. The molecule has 0 spiro atoms. The molecule has 27 heavy (non-hydrogen) atoms. The Hall–Kier alpha value is -1.48. The Kier molecular flexibility index (Phi) is 6.20. The molecule has 1 aromatic rings. The fraction of sp³-hybridized carbons (Fsp3) is 0.722. The number of sulfone groups is 1. The lowest BCUT2D eigenvalue weighted by atomic mass is 9.86. The van der Waals surface area contributed by atoms with Crippen LogP contribution in [0.15, 0.2) is 5.10 Å². The van der Waals surface area contributed by atoms with Crippen LogP contribution in [-0.2, 0) is 9.84 Å². The van der Waals surface area contributed by atoms with E-state index in [0.29, 0.717) is 23.5 Å². The fourth-order valence-electron chi connectivity index (χ4n) is 4.07. The van der Waals surface area contributed by atoms with Crippen LogP contribution >= 0.6 is 12.2 Å². The molecule has 1 aromatic heterocycles. The monoisotopic (exact) mass is 411 g/mol. The average molecular weight is 412 g/mol. The highest BCUT2D eigenvalue weighted by Gasteiger charge is 2.31. The summed E-state index contributed by atoms with van der Waals surface area (Å²) in [6.07, 6.45) is 7.24. The molecule has 3 rings (SSSR count). The predicted molar refractivity (Wildman–Crippen MR) is 112 cm³/mol. The number of thiocarbonyl (C=S) groups is 1. The third-order valence-electron chi connectivity index (χ3n) is 5.72. The number of aromatic nitrogens is 2. The average Bonchev–Trinajstić information content (AvgIpc) is 3.10. The quantitative estimate of drug-likeness (QED) is 0.449. The Morgan fingerprint density at radius 1 is 1.30 bits per heavy atom. The largest absolute Gasteiger partial charge is 0.358 e. The van der Waals surface area contributed by atoms with Crippen molar-refractivity contribution in [1.82, 2.24) is 20.5 Å². The van der Waals surface area contributed by atoms with Crippen LogP contribution < -0.4 is 10.7 Å². The summed E-state index contributed by atoms with van der Waals surface area (Å²) in [7, 11) is -2.94. The van der Waals surface area contributed by atoms with Gasteiger partial charge in [-0.1, -0.05) is 19.8 Å². The lowest BCUT2D eigenvalue weighted by Gasteiger charge is -2.30. The van der Waals surface area contributed by atoms with E-state index >= 15 is 0 Å². The van der Waals surface area contributed by atoms with Gasteiger partial charge in [-0.15, -0.1) is 0 Å². The van der Waals surface area contributed by atoms with E-state index < -0.39 is 9.84 Å². The highest BCUT2D eigenvalue weighted by molar-refractivity contribution is 7.91. The molecular weight excluding hydrogens is 382 g/mol. The van der Waals surface area contributed by atoms with Crippen LogP contribution in [0.1, 0.15) is 62.0 Å². The normalized spacial score (nSPS) is 27.7. The molecule has 0 bridgehead atoms. The van der Waals surface area contributed by atoms with Gasteiger partial charge in [0.1, 0.15) is 0 Å². The standard InChI is InChI=1S/C18H29N5O2S2/c1-12-6-4-5-7-17(12)20-18(26)21-19-10-16-13(2)22-23(14(16)3)15-8-9-27(24,25)11-15/h10,12,15,17H,4-9,11H2,1-3H3,(H2,20,21,26)/b19-10-/t12-,15+,17-/m0/s1. The van der Waals surface area contributed by atoms with Crippen LogP contribution in [0, 0.1) is 19.8 Å². The third-order valence-corrected chi connectivity index (χ3v) is 7.68. The third kappa shape index (κ3) is 4.87. The fourth-order valence-corrected chi connectivity index (χ4v) is 5.97. The van der Waals surface area contributed by atoms with Gasteiger partial charge in [-0.05, 0) is 51.2 Å². The summed E-state index contributed by atoms with van der Waals surface area (Å²) in [6.45, 7) is 6.12. The van der Waals surface area contributed by atoms with Crippen LogP contribution in [0.25, 0.3) is 0 Å². The summed E-state index contributed by atoms with van der Waals surface area (Å²) in [5, 5.41) is 12.7. The zero-order chi connectivity index (χ0) is 19.6. The highest BCUT2D eigenvalue weighted by Crippen LogP contribution is 2.26. The lowest BCUT2D eigenvalue weighted by Crippen LogP contribution is -2.44. The van der Waals surface area contributed by atoms with E-state index in [0.717, 1.165) is 23.4 Å². The van der Waals surface area contributed by atoms with E-state index in [1.54, 1.807) is 6.21 Å². The molecule has 2 heterocycles. The van der Waals surface area contributed by atoms with Crippen molar-refractivity contribution in [2.75, 3.05) is 11.5 Å². The smallest absolute Gasteiger partial charge is 0.187 e. The molecule has 1 aliphatic heterocycles. The van der Waals surface area contributed by atoms with Crippen LogP contribution in [0.5, 0.6) is 0 Å². The van der Waals surface area contributed by atoms with Gasteiger partial charge in [0.05, 0.1) is 29.5 Å². The minimum absolute atomic E-state index is 0.0839. The van der Waals surface area contributed by atoms with Gasteiger partial charge in [0.15, 0.2) is 14.9 Å². The summed E-state index contributed by atoms with van der Waals surface area (Å²) >= 11 is 5.36. The first kappa shape index (κ1) is 20.3. The molecule has 3 atom stereocenters. The van der Waals surface area contributed by atoms with E-state index in [4.69, 9.17) is 12.2 Å². The van der Waals surface area contributed by atoms with Gasteiger partial charge in [0, 0.05) is 17.3 Å². The summed E-state index contributed by atoms with van der Waals surface area (Å²) in [6, 6.07) is 0.323. The summed E-state index contributed by atoms with van der Waals surface area (Å²) in [5.74, 6) is 1.02. The Bertz CT molecular complexity index is 831. The van der Waals surface area contributed by atoms with E-state index in [1.807, 2.05) is 18.5 Å². The van der Waals surface area contributed by atoms with Gasteiger partial charge in [0.25, 0.3) is 0 Å². The minimum Gasteiger partial charge on any atom is -0.358 e. The van der Waals surface area contributed by atoms with Gasteiger partial charge in [-0.2, -0.15) is 10.2 Å². The first-order chi connectivity index (χ1) is 12.8. The highest BCUT2D eigenvalue weighted by atomic mass is 32.2. The number of hydrogen-bond donors (Lipinski definition) is 2. The molecule has 150 valence electrons. The Morgan fingerprint density at radius 2 is 2.04 bits per heavy atom. The van der Waals surface area contributed by atoms with E-state index in [9.17, 15) is 8.42 Å². The maximum Gasteiger partial charge on any atom is 0.187 e. The van der Waals surface area contributed by atoms with Crippen LogP contribution in [-0.4, -0.2) is 47.1 Å². The predicted octanol–water partition coefficient (Wildman–Crippen LogP) is 2.24. The second-order valence-electron chi connectivity index (χ2n) is 7.80. The number of rotatable bonds is 4. The Balaban J connectivity index is 1.61. The summed E-state index contributed by atoms with van der Waals surface area (Å²) in [5.41, 5.74) is 5.57. The SMILES string of the molecule is Cc1nn([C@@H]2CCS(=O)(=O)C2)c(C)c1/C=N\NC(=S)N[C@H]1CCCC[C@@H]1C. The molecule has 0 amide bonds. The van der Waals surface area contributed by atoms with E-state index in [-0.39, 0.29) is 17.5 Å². The Labute approximate surface area is 166 Å². The van der Waals surface area contributed by atoms with Crippen LogP contribution in [0.3, 0.4) is 0 Å². The van der Waals surface area contributed by atoms with Crippen LogP contribution in [0.4, 0.5) is 0 Å². The molecule has 2 fully saturated rings. The summed E-state index contributed by atoms with van der Waals surface area (Å²) in [4.78, 5) is 0. The second-order valence-corrected chi connectivity index (χ2v) is 10.4. The van der Waals surface area contributed by atoms with Gasteiger partial charge in [0.2, 0.25) is 0 Å². The summed E-state index contributed by atoms with van der Waals surface area (Å²) < 4.78 is 25.3. The van der Waals surface area contributed by atoms with Crippen LogP contribution in [0.2, 0.25) is 0 Å². The molecule has 9 heteroatoms. The first-order valence-electron chi connectivity index (χ1n) is 9.62. The van der Waals surface area contributed by atoms with E-state index in [1.165, 1.54) is 19.3 Å². The molecule has 2 N–H and O–H groups in total. The number of nitrogens with zero attached hydrogens (tertiary/aromatic N) is 3. The number of hydrazone groups is 1. The Morgan fingerprint density at radius 3 is 2.70 bits per heavy atom. The molecular formula is C18H29N5O2S2. The van der Waals surface area contributed by atoms with Crippen molar-refractivity contribution >= 4 is 33.4 Å². The van der Waals surface area contributed by atoms with E-state index in [2.05, 4.69) is 27.9 Å².